The average Bonchev–Trinajstić information content (AvgIpc) is 3.21. The quantitative estimate of drug-likeness (QED) is 0.364. The van der Waals surface area contributed by atoms with Gasteiger partial charge in [-0.25, -0.2) is 0 Å². The first kappa shape index (κ1) is 23.8. The van der Waals surface area contributed by atoms with Crippen molar-refractivity contribution in [1.29, 1.82) is 0 Å². The molecule has 0 amide bonds. The van der Waals surface area contributed by atoms with E-state index in [0.717, 1.165) is 77.8 Å². The van der Waals surface area contributed by atoms with Crippen molar-refractivity contribution in [1.82, 2.24) is 4.57 Å². The number of quaternary nitrogens is 2. The van der Waals surface area contributed by atoms with Crippen LogP contribution in [-0.2, 0) is 22.6 Å². The topological polar surface area (TPSA) is 61.7 Å². The second kappa shape index (κ2) is 12.8. The minimum atomic E-state index is -0.313. The van der Waals surface area contributed by atoms with Crippen LogP contribution in [-0.4, -0.2) is 82.5 Å². The summed E-state index contributed by atoms with van der Waals surface area (Å²) in [6.45, 7) is 8.53. The van der Waals surface area contributed by atoms with Crippen LogP contribution in [0.4, 0.5) is 0 Å². The van der Waals surface area contributed by atoms with Crippen LogP contribution in [0.5, 0.6) is 5.75 Å². The lowest BCUT2D eigenvalue weighted by Crippen LogP contribution is -3.17. The molecule has 7 heteroatoms. The minimum absolute atomic E-state index is 0.313. The number of hydrogen-bond donors (Lipinski definition) is 3. The van der Waals surface area contributed by atoms with Crippen molar-refractivity contribution in [3.8, 4) is 5.75 Å². The second-order valence-corrected chi connectivity index (χ2v) is 8.43. The number of nitrogens with zero attached hydrogens (tertiary/aromatic N) is 1. The van der Waals surface area contributed by atoms with Crippen LogP contribution >= 0.6 is 0 Å². The van der Waals surface area contributed by atoms with E-state index in [1.54, 1.807) is 14.2 Å². The van der Waals surface area contributed by atoms with Gasteiger partial charge in [-0.05, 0) is 29.8 Å². The molecule has 2 aromatic rings. The van der Waals surface area contributed by atoms with Gasteiger partial charge in [0, 0.05) is 26.3 Å². The summed E-state index contributed by atoms with van der Waals surface area (Å²) < 4.78 is 18.4. The highest BCUT2D eigenvalue weighted by molar-refractivity contribution is 5.29. The SMILES string of the molecule is COCCC[NH+](Cc1cccn1Cc1cccc(OC)c1)C[C@H](O)C[NH+]1CCOCC1. The molecule has 7 nitrogen and oxygen atoms in total. The number of methoxy groups -OCH3 is 2. The van der Waals surface area contributed by atoms with Gasteiger partial charge in [-0.15, -0.1) is 0 Å². The maximum Gasteiger partial charge on any atom is 0.152 e. The van der Waals surface area contributed by atoms with Crippen LogP contribution in [0.1, 0.15) is 17.7 Å². The van der Waals surface area contributed by atoms with E-state index in [4.69, 9.17) is 14.2 Å². The molecule has 1 unspecified atom stereocenters. The van der Waals surface area contributed by atoms with E-state index in [1.165, 1.54) is 21.1 Å². The summed E-state index contributed by atoms with van der Waals surface area (Å²) in [5.74, 6) is 0.881. The van der Waals surface area contributed by atoms with Gasteiger partial charge < -0.3 is 33.7 Å². The van der Waals surface area contributed by atoms with Crippen molar-refractivity contribution in [2.45, 2.75) is 25.6 Å². The van der Waals surface area contributed by atoms with E-state index in [0.29, 0.717) is 0 Å². The van der Waals surface area contributed by atoms with Gasteiger partial charge in [-0.3, -0.25) is 0 Å². The van der Waals surface area contributed by atoms with Gasteiger partial charge in [0.15, 0.2) is 6.10 Å². The van der Waals surface area contributed by atoms with E-state index in [1.807, 2.05) is 12.1 Å². The molecule has 1 aliphatic rings. The summed E-state index contributed by atoms with van der Waals surface area (Å²) in [4.78, 5) is 2.83. The van der Waals surface area contributed by atoms with E-state index >= 15 is 0 Å². The standard InChI is InChI=1S/C24H37N3O4/c1-29-13-5-9-26(20-23(28)19-25-11-14-31-15-12-25)18-22-7-4-10-27(22)17-21-6-3-8-24(16-21)30-2/h3-4,6-8,10,16,23,28H,5,9,11-15,17-20H2,1-2H3/p+2/t23-/m1/s1. The van der Waals surface area contributed by atoms with Crippen molar-refractivity contribution < 1.29 is 29.1 Å². The number of rotatable bonds is 13. The van der Waals surface area contributed by atoms with E-state index in [2.05, 4.69) is 35.0 Å². The molecule has 3 N–H and O–H groups in total. The molecule has 1 aliphatic heterocycles. The Morgan fingerprint density at radius 2 is 2.03 bits per heavy atom. The highest BCUT2D eigenvalue weighted by Crippen LogP contribution is 2.14. The van der Waals surface area contributed by atoms with Crippen molar-refractivity contribution in [3.05, 3.63) is 53.9 Å². The van der Waals surface area contributed by atoms with E-state index < -0.39 is 0 Å². The predicted molar refractivity (Wildman–Crippen MR) is 120 cm³/mol. The third kappa shape index (κ3) is 7.94. The van der Waals surface area contributed by atoms with E-state index in [9.17, 15) is 5.11 Å². The lowest BCUT2D eigenvalue weighted by atomic mass is 10.2. The lowest BCUT2D eigenvalue weighted by molar-refractivity contribution is -0.935. The summed E-state index contributed by atoms with van der Waals surface area (Å²) in [6, 6.07) is 12.5. The highest BCUT2D eigenvalue weighted by Gasteiger charge is 2.23. The molecule has 31 heavy (non-hydrogen) atoms. The Balaban J connectivity index is 1.61. The monoisotopic (exact) mass is 433 g/mol. The summed E-state index contributed by atoms with van der Waals surface area (Å²) in [6.07, 6.45) is 2.81. The fourth-order valence-corrected chi connectivity index (χ4v) is 4.32. The fraction of sp³-hybridized carbons (Fsp3) is 0.583. The Kier molecular flexibility index (Phi) is 9.84. The van der Waals surface area contributed by atoms with Gasteiger partial charge in [0.1, 0.15) is 38.5 Å². The van der Waals surface area contributed by atoms with Gasteiger partial charge in [0.2, 0.25) is 0 Å². The molecule has 1 aromatic carbocycles. The average molecular weight is 434 g/mol. The molecule has 0 bridgehead atoms. The van der Waals surface area contributed by atoms with Crippen LogP contribution in [0.25, 0.3) is 0 Å². The molecular weight excluding hydrogens is 394 g/mol. The van der Waals surface area contributed by atoms with Crippen LogP contribution < -0.4 is 14.5 Å². The smallest absolute Gasteiger partial charge is 0.152 e. The second-order valence-electron chi connectivity index (χ2n) is 8.43. The number of nitrogens with one attached hydrogen (secondary N) is 2. The number of aliphatic hydroxyl groups is 1. The lowest BCUT2D eigenvalue weighted by Gasteiger charge is -2.28. The molecule has 0 spiro atoms. The van der Waals surface area contributed by atoms with Crippen molar-refractivity contribution in [2.24, 2.45) is 0 Å². The number of morpholine rings is 1. The number of aromatic nitrogens is 1. The van der Waals surface area contributed by atoms with Crippen LogP contribution in [0, 0.1) is 0 Å². The molecule has 1 saturated heterocycles. The molecule has 1 aromatic heterocycles. The first-order valence-electron chi connectivity index (χ1n) is 11.4. The Morgan fingerprint density at radius 3 is 2.81 bits per heavy atom. The molecule has 3 rings (SSSR count). The molecule has 0 radical (unpaired) electrons. The normalized spacial score (nSPS) is 16.9. The third-order valence-corrected chi connectivity index (χ3v) is 5.97. The van der Waals surface area contributed by atoms with Gasteiger partial charge in [-0.2, -0.15) is 0 Å². The highest BCUT2D eigenvalue weighted by atomic mass is 16.5. The molecule has 172 valence electrons. The molecule has 0 aliphatic carbocycles. The summed E-state index contributed by atoms with van der Waals surface area (Å²) in [7, 11) is 3.45. The zero-order chi connectivity index (χ0) is 21.9. The maximum absolute atomic E-state index is 10.8. The summed E-state index contributed by atoms with van der Waals surface area (Å²) >= 11 is 0. The minimum Gasteiger partial charge on any atom is -0.497 e. The van der Waals surface area contributed by atoms with Crippen LogP contribution in [0.3, 0.4) is 0 Å². The third-order valence-electron chi connectivity index (χ3n) is 5.97. The Bertz CT molecular complexity index is 761. The van der Waals surface area contributed by atoms with Crippen molar-refractivity contribution in [3.63, 3.8) is 0 Å². The van der Waals surface area contributed by atoms with Crippen molar-refractivity contribution in [2.75, 3.05) is 66.8 Å². The zero-order valence-corrected chi connectivity index (χ0v) is 19.0. The van der Waals surface area contributed by atoms with Gasteiger partial charge in [0.25, 0.3) is 0 Å². The number of benzene rings is 1. The maximum atomic E-state index is 10.8. The first-order chi connectivity index (χ1) is 15.2. The Labute approximate surface area is 186 Å². The van der Waals surface area contributed by atoms with Crippen molar-refractivity contribution >= 4 is 0 Å². The van der Waals surface area contributed by atoms with Gasteiger partial charge in [0.05, 0.1) is 39.2 Å². The Hall–Kier alpha value is -1.90. The fourth-order valence-electron chi connectivity index (χ4n) is 4.32. The number of hydrogen-bond acceptors (Lipinski definition) is 4. The molecule has 2 atom stereocenters. The molecule has 1 fully saturated rings. The van der Waals surface area contributed by atoms with Crippen LogP contribution in [0.15, 0.2) is 42.6 Å². The Morgan fingerprint density at radius 1 is 1.19 bits per heavy atom. The first-order valence-corrected chi connectivity index (χ1v) is 11.4. The molecular formula is C24H39N3O4+2. The molecule has 2 heterocycles. The van der Waals surface area contributed by atoms with Gasteiger partial charge >= 0.3 is 0 Å². The number of ether oxygens (including phenoxy) is 3. The van der Waals surface area contributed by atoms with Gasteiger partial charge in [-0.1, -0.05) is 12.1 Å². The molecule has 0 saturated carbocycles. The summed E-state index contributed by atoms with van der Waals surface area (Å²) in [5, 5.41) is 10.8. The predicted octanol–water partition coefficient (Wildman–Crippen LogP) is -0.758. The van der Waals surface area contributed by atoms with Crippen LogP contribution in [0.2, 0.25) is 0 Å². The number of aliphatic hydroxyl groups excluding tert-OH is 1. The summed E-state index contributed by atoms with van der Waals surface area (Å²) in [5.41, 5.74) is 2.50. The zero-order valence-electron chi connectivity index (χ0n) is 19.0. The van der Waals surface area contributed by atoms with E-state index in [-0.39, 0.29) is 6.10 Å². The largest absolute Gasteiger partial charge is 0.497 e.